The fourth-order valence-electron chi connectivity index (χ4n) is 0.131. The number of rotatable bonds is 2. The standard InChI is InChI=1S/C3H9P3/c1-5-6-3-2-4/h2-3,5-6H,4H2,1H3/b3-2-. The minimum atomic E-state index is 1.04. The minimum absolute atomic E-state index is 1.04. The van der Waals surface area contributed by atoms with E-state index in [0.29, 0.717) is 0 Å². The van der Waals surface area contributed by atoms with Crippen LogP contribution in [-0.4, -0.2) is 6.66 Å². The average molecular weight is 138 g/mol. The monoisotopic (exact) mass is 138 g/mol. The minimum Gasteiger partial charge on any atom is -0.114 e. The third-order valence-electron chi connectivity index (χ3n) is 0.324. The summed E-state index contributed by atoms with van der Waals surface area (Å²) in [7, 11) is 4.69. The fourth-order valence-corrected chi connectivity index (χ4v) is 2.05. The highest BCUT2D eigenvalue weighted by molar-refractivity contribution is 8.13. The van der Waals surface area contributed by atoms with Crippen molar-refractivity contribution >= 4 is 25.8 Å². The summed E-state index contributed by atoms with van der Waals surface area (Å²) in [5.41, 5.74) is 0. The van der Waals surface area contributed by atoms with Crippen LogP contribution in [-0.2, 0) is 0 Å². The first-order valence-corrected chi connectivity index (χ1v) is 5.95. The molecule has 0 aromatic carbocycles. The summed E-state index contributed by atoms with van der Waals surface area (Å²) in [6.45, 7) is 2.21. The first-order valence-electron chi connectivity index (χ1n) is 1.71. The Bertz CT molecular complexity index is 41.3. The van der Waals surface area contributed by atoms with Gasteiger partial charge < -0.3 is 0 Å². The van der Waals surface area contributed by atoms with Crippen molar-refractivity contribution in [1.82, 2.24) is 0 Å². The van der Waals surface area contributed by atoms with Crippen LogP contribution in [0.3, 0.4) is 0 Å². The molecule has 0 aliphatic heterocycles. The molecule has 3 unspecified atom stereocenters. The number of hydrogen-bond donors (Lipinski definition) is 0. The van der Waals surface area contributed by atoms with E-state index in [1.165, 1.54) is 0 Å². The molecule has 36 valence electrons. The van der Waals surface area contributed by atoms with E-state index in [1.807, 2.05) is 5.82 Å². The molecule has 0 aliphatic rings. The molecule has 0 saturated heterocycles. The van der Waals surface area contributed by atoms with E-state index in [9.17, 15) is 0 Å². The zero-order valence-corrected chi connectivity index (χ0v) is 6.89. The van der Waals surface area contributed by atoms with Crippen LogP contribution < -0.4 is 0 Å². The molecule has 3 atom stereocenters. The zero-order chi connectivity index (χ0) is 4.83. The second-order valence-corrected chi connectivity index (χ2v) is 4.63. The molecule has 0 nitrogen and oxygen atoms in total. The van der Waals surface area contributed by atoms with Gasteiger partial charge in [0.25, 0.3) is 0 Å². The smallest absolute Gasteiger partial charge is 0.0433 e. The van der Waals surface area contributed by atoms with Crippen LogP contribution in [0.4, 0.5) is 0 Å². The highest BCUT2D eigenvalue weighted by Gasteiger charge is 1.63. The Morgan fingerprint density at radius 2 is 2.33 bits per heavy atom. The molecule has 6 heavy (non-hydrogen) atoms. The van der Waals surface area contributed by atoms with Crippen LogP contribution in [0.25, 0.3) is 0 Å². The molecule has 0 rings (SSSR count). The third-order valence-corrected chi connectivity index (χ3v) is 2.92. The first kappa shape index (κ1) is 7.03. The summed E-state index contributed by atoms with van der Waals surface area (Å²) >= 11 is 0. The Balaban J connectivity index is 2.66. The Morgan fingerprint density at radius 1 is 1.67 bits per heavy atom. The van der Waals surface area contributed by atoms with Gasteiger partial charge in [-0.05, 0) is 6.66 Å². The fraction of sp³-hybridized carbons (Fsp3) is 0.333. The van der Waals surface area contributed by atoms with Crippen LogP contribution in [0.15, 0.2) is 11.6 Å². The molecule has 0 bridgehead atoms. The molecular formula is C3H9P3. The normalized spacial score (nSPS) is 14.3. The van der Waals surface area contributed by atoms with Crippen molar-refractivity contribution in [1.29, 1.82) is 0 Å². The Morgan fingerprint density at radius 3 is 2.50 bits per heavy atom. The Hall–Kier alpha value is 1.03. The lowest BCUT2D eigenvalue weighted by molar-refractivity contribution is 2.50. The second-order valence-electron chi connectivity index (χ2n) is 0.753. The van der Waals surface area contributed by atoms with E-state index < -0.39 is 0 Å². The van der Waals surface area contributed by atoms with Gasteiger partial charge in [0.15, 0.2) is 0 Å². The molecule has 0 aliphatic carbocycles. The van der Waals surface area contributed by atoms with Crippen LogP contribution in [0.2, 0.25) is 0 Å². The lowest BCUT2D eigenvalue weighted by atomic mass is 11.3. The summed E-state index contributed by atoms with van der Waals surface area (Å²) in [4.78, 5) is 0. The maximum atomic E-state index is 2.56. The molecule has 0 radical (unpaired) electrons. The van der Waals surface area contributed by atoms with Crippen molar-refractivity contribution < 1.29 is 0 Å². The molecule has 0 heterocycles. The van der Waals surface area contributed by atoms with E-state index >= 15 is 0 Å². The van der Waals surface area contributed by atoms with Crippen LogP contribution in [0.5, 0.6) is 0 Å². The van der Waals surface area contributed by atoms with E-state index in [-0.39, 0.29) is 0 Å². The summed E-state index contributed by atoms with van der Waals surface area (Å²) in [6.07, 6.45) is 0. The molecule has 3 heteroatoms. The second kappa shape index (κ2) is 6.03. The van der Waals surface area contributed by atoms with Crippen LogP contribution in [0, 0.1) is 0 Å². The Labute approximate surface area is 44.8 Å². The predicted octanol–water partition coefficient (Wildman–Crippen LogP) is 2.23. The van der Waals surface area contributed by atoms with Gasteiger partial charge in [-0.1, -0.05) is 28.2 Å². The van der Waals surface area contributed by atoms with Crippen molar-refractivity contribution in [3.8, 4) is 0 Å². The van der Waals surface area contributed by atoms with Crippen molar-refractivity contribution in [3.63, 3.8) is 0 Å². The topological polar surface area (TPSA) is 0 Å². The first-order chi connectivity index (χ1) is 2.91. The van der Waals surface area contributed by atoms with Crippen molar-refractivity contribution in [2.45, 2.75) is 0 Å². The van der Waals surface area contributed by atoms with Gasteiger partial charge in [0, 0.05) is 0 Å². The quantitative estimate of drug-likeness (QED) is 0.513. The van der Waals surface area contributed by atoms with Gasteiger partial charge in [-0.2, -0.15) is 0 Å². The van der Waals surface area contributed by atoms with Crippen molar-refractivity contribution in [2.24, 2.45) is 0 Å². The molecule has 0 N–H and O–H groups in total. The highest BCUT2D eigenvalue weighted by Crippen LogP contribution is 2.33. The predicted molar refractivity (Wildman–Crippen MR) is 41.4 cm³/mol. The highest BCUT2D eigenvalue weighted by atomic mass is 32.0. The number of hydrogen-bond acceptors (Lipinski definition) is 0. The molecule has 0 amide bonds. The average Bonchev–Trinajstić information content (AvgIpc) is 1.61. The molecule has 0 saturated carbocycles. The maximum absolute atomic E-state index is 2.56. The van der Waals surface area contributed by atoms with Gasteiger partial charge in [-0.3, -0.25) is 0 Å². The van der Waals surface area contributed by atoms with Gasteiger partial charge in [-0.25, -0.2) is 0 Å². The summed E-state index contributed by atoms with van der Waals surface area (Å²) in [5, 5.41) is 0. The lowest BCUT2D eigenvalue weighted by Crippen LogP contribution is -1.23. The lowest BCUT2D eigenvalue weighted by Gasteiger charge is -1.77. The van der Waals surface area contributed by atoms with Crippen LogP contribution >= 0.6 is 25.8 Å². The largest absolute Gasteiger partial charge is 0.114 e. The van der Waals surface area contributed by atoms with Gasteiger partial charge in [0.05, 0.1) is 0 Å². The zero-order valence-electron chi connectivity index (χ0n) is 3.73. The summed E-state index contributed by atoms with van der Waals surface area (Å²) in [6, 6.07) is 0. The van der Waals surface area contributed by atoms with Gasteiger partial charge >= 0.3 is 0 Å². The molecule has 0 fully saturated rings. The summed E-state index contributed by atoms with van der Waals surface area (Å²) < 4.78 is 0. The summed E-state index contributed by atoms with van der Waals surface area (Å²) in [5.74, 6) is 4.21. The van der Waals surface area contributed by atoms with Gasteiger partial charge in [0.1, 0.15) is 0 Å². The maximum Gasteiger partial charge on any atom is -0.0433 e. The van der Waals surface area contributed by atoms with Crippen molar-refractivity contribution in [3.05, 3.63) is 11.6 Å². The van der Waals surface area contributed by atoms with E-state index in [0.717, 1.165) is 16.5 Å². The molecule has 0 aromatic heterocycles. The molecule has 0 aromatic rings. The SMILES string of the molecule is CPP/C=C\P. The van der Waals surface area contributed by atoms with E-state index in [2.05, 4.69) is 21.7 Å². The van der Waals surface area contributed by atoms with Crippen molar-refractivity contribution in [2.75, 3.05) is 6.66 Å². The van der Waals surface area contributed by atoms with Gasteiger partial charge in [-0.15, -0.1) is 9.24 Å². The third kappa shape index (κ3) is 5.03. The molecular weight excluding hydrogens is 129 g/mol. The van der Waals surface area contributed by atoms with E-state index in [4.69, 9.17) is 0 Å². The van der Waals surface area contributed by atoms with E-state index in [1.54, 1.807) is 0 Å². The molecule has 0 spiro atoms. The Kier molecular flexibility index (Phi) is 7.07. The van der Waals surface area contributed by atoms with Crippen LogP contribution in [0.1, 0.15) is 0 Å². The van der Waals surface area contributed by atoms with Gasteiger partial charge in [0.2, 0.25) is 0 Å².